The third kappa shape index (κ3) is 3.43. The third-order valence-corrected chi connectivity index (χ3v) is 4.62. The van der Waals surface area contributed by atoms with Crippen LogP contribution in [0.25, 0.3) is 11.4 Å². The predicted molar refractivity (Wildman–Crippen MR) is 101 cm³/mol. The Balaban J connectivity index is 1.54. The molecule has 4 rings (SSSR count). The molecule has 3 aromatic rings. The number of carbonyl (C=O) groups is 2. The van der Waals surface area contributed by atoms with Gasteiger partial charge in [-0.05, 0) is 35.7 Å². The Morgan fingerprint density at radius 1 is 1.17 bits per heavy atom. The van der Waals surface area contributed by atoms with Crippen molar-refractivity contribution in [3.63, 3.8) is 0 Å². The number of H-pyrrole nitrogens is 1. The average Bonchev–Trinajstić information content (AvgIpc) is 3.33. The summed E-state index contributed by atoms with van der Waals surface area (Å²) in [7, 11) is 0. The first-order valence-corrected chi connectivity index (χ1v) is 8.75. The quantitative estimate of drug-likeness (QED) is 0.374. The maximum Gasteiger partial charge on any atom is 0.325 e. The number of nitrogens with zero attached hydrogens (tertiary/aromatic N) is 5. The van der Waals surface area contributed by atoms with Crippen molar-refractivity contribution in [3.8, 4) is 11.4 Å². The standard InChI is InChI=1S/C19H17N7O3/c1-19(13-7-3-2-4-8-13)17(28)26(18(29)21-19)11-15(27)20-14-9-5-6-12(10-14)16-22-24-25-23-16/h2-10H,11H2,1H3,(H,20,27)(H,21,29)(H,22,23,24,25)/p-1/t19-/m1/s1. The molecule has 1 saturated heterocycles. The molecule has 2 N–H and O–H groups in total. The fourth-order valence-electron chi connectivity index (χ4n) is 3.12. The number of carbonyl (C=O) groups excluding carboxylic acids is 2. The number of amides is 3. The van der Waals surface area contributed by atoms with Gasteiger partial charge in [0.15, 0.2) is 0 Å². The number of hydrogen-bond donors (Lipinski definition) is 2. The lowest BCUT2D eigenvalue weighted by Crippen LogP contribution is -2.42. The second-order valence-corrected chi connectivity index (χ2v) is 6.60. The Bertz CT molecular complexity index is 1080. The van der Waals surface area contributed by atoms with Gasteiger partial charge in [-0.1, -0.05) is 42.5 Å². The minimum absolute atomic E-state index is 0.357. The van der Waals surface area contributed by atoms with E-state index in [0.717, 1.165) is 4.90 Å². The molecule has 0 saturated carbocycles. The summed E-state index contributed by atoms with van der Waals surface area (Å²) in [4.78, 5) is 30.1. The number of aromatic amines is 1. The zero-order valence-electron chi connectivity index (χ0n) is 15.4. The molecule has 1 aromatic heterocycles. The maximum atomic E-state index is 12.9. The van der Waals surface area contributed by atoms with E-state index in [2.05, 4.69) is 30.9 Å². The van der Waals surface area contributed by atoms with Gasteiger partial charge in [-0.3, -0.25) is 14.7 Å². The molecule has 2 heterocycles. The SMILES string of the molecule is C[C@]1(c2ccccc2)NC(=O)N(CC([O-])=Nc2cccc(-c3nn[nH]n3)c2)C1=O. The van der Waals surface area contributed by atoms with E-state index >= 15 is 0 Å². The van der Waals surface area contributed by atoms with Crippen LogP contribution in [0.15, 0.2) is 59.6 Å². The number of urea groups is 1. The first-order chi connectivity index (χ1) is 14.0. The molecule has 1 aliphatic rings. The zero-order chi connectivity index (χ0) is 20.4. The highest BCUT2D eigenvalue weighted by Gasteiger charge is 2.48. The number of benzene rings is 2. The Labute approximate surface area is 165 Å². The summed E-state index contributed by atoms with van der Waals surface area (Å²) >= 11 is 0. The number of rotatable bonds is 5. The van der Waals surface area contributed by atoms with E-state index < -0.39 is 29.9 Å². The number of hydrogen-bond acceptors (Lipinski definition) is 7. The van der Waals surface area contributed by atoms with Crippen molar-refractivity contribution in [3.05, 3.63) is 60.2 Å². The molecule has 2 aromatic carbocycles. The minimum atomic E-state index is -1.23. The van der Waals surface area contributed by atoms with Gasteiger partial charge in [0.25, 0.3) is 5.91 Å². The number of tetrazole rings is 1. The average molecular weight is 390 g/mol. The number of aliphatic imine (C=N–C) groups is 1. The number of imide groups is 1. The highest BCUT2D eigenvalue weighted by atomic mass is 16.3. The molecule has 146 valence electrons. The van der Waals surface area contributed by atoms with Gasteiger partial charge in [0.1, 0.15) is 5.54 Å². The zero-order valence-corrected chi connectivity index (χ0v) is 15.4. The van der Waals surface area contributed by atoms with Crippen molar-refractivity contribution < 1.29 is 14.7 Å². The maximum absolute atomic E-state index is 12.9. The summed E-state index contributed by atoms with van der Waals surface area (Å²) in [6.45, 7) is 1.15. The van der Waals surface area contributed by atoms with Crippen LogP contribution in [0.2, 0.25) is 0 Å². The van der Waals surface area contributed by atoms with Crippen LogP contribution in [0.1, 0.15) is 12.5 Å². The number of aromatic nitrogens is 4. The van der Waals surface area contributed by atoms with Crippen LogP contribution in [0.5, 0.6) is 0 Å². The van der Waals surface area contributed by atoms with Gasteiger partial charge >= 0.3 is 6.03 Å². The smallest absolute Gasteiger partial charge is 0.325 e. The second kappa shape index (κ2) is 7.15. The van der Waals surface area contributed by atoms with E-state index in [9.17, 15) is 14.7 Å². The van der Waals surface area contributed by atoms with Gasteiger partial charge in [0.2, 0.25) is 5.82 Å². The monoisotopic (exact) mass is 390 g/mol. The summed E-state index contributed by atoms with van der Waals surface area (Å²) in [6.07, 6.45) is 0. The van der Waals surface area contributed by atoms with E-state index in [1.165, 1.54) is 0 Å². The first-order valence-electron chi connectivity index (χ1n) is 8.75. The molecule has 29 heavy (non-hydrogen) atoms. The molecule has 0 bridgehead atoms. The van der Waals surface area contributed by atoms with E-state index in [4.69, 9.17) is 0 Å². The predicted octanol–water partition coefficient (Wildman–Crippen LogP) is 0.724. The van der Waals surface area contributed by atoms with E-state index in [1.807, 2.05) is 6.07 Å². The molecule has 0 radical (unpaired) electrons. The molecule has 0 aliphatic carbocycles. The van der Waals surface area contributed by atoms with Crippen LogP contribution < -0.4 is 10.4 Å². The molecular weight excluding hydrogens is 374 g/mol. The van der Waals surface area contributed by atoms with Crippen molar-refractivity contribution in [1.29, 1.82) is 0 Å². The van der Waals surface area contributed by atoms with Gasteiger partial charge in [0.05, 0.1) is 12.2 Å². The topological polar surface area (TPSA) is 139 Å². The van der Waals surface area contributed by atoms with Crippen molar-refractivity contribution in [2.45, 2.75) is 12.5 Å². The Kier molecular flexibility index (Phi) is 4.51. The fourth-order valence-corrected chi connectivity index (χ4v) is 3.12. The molecule has 10 heteroatoms. The summed E-state index contributed by atoms with van der Waals surface area (Å²) in [5.41, 5.74) is 0.393. The molecule has 1 fully saturated rings. The van der Waals surface area contributed by atoms with Crippen LogP contribution in [0.4, 0.5) is 10.5 Å². The largest absolute Gasteiger partial charge is 0.860 e. The summed E-state index contributed by atoms with van der Waals surface area (Å²) in [5.74, 6) is -0.768. The molecular formula is C19H16N7O3-. The Morgan fingerprint density at radius 2 is 1.97 bits per heavy atom. The summed E-state index contributed by atoms with van der Waals surface area (Å²) < 4.78 is 0. The van der Waals surface area contributed by atoms with Crippen LogP contribution in [-0.4, -0.2) is 49.9 Å². The van der Waals surface area contributed by atoms with Gasteiger partial charge in [0, 0.05) is 5.56 Å². The van der Waals surface area contributed by atoms with Crippen LogP contribution >= 0.6 is 0 Å². The van der Waals surface area contributed by atoms with Gasteiger partial charge in [-0.2, -0.15) is 5.21 Å². The lowest BCUT2D eigenvalue weighted by atomic mass is 9.92. The van der Waals surface area contributed by atoms with E-state index in [0.29, 0.717) is 22.6 Å². The Hall–Kier alpha value is -4.08. The summed E-state index contributed by atoms with van der Waals surface area (Å²) in [6, 6.07) is 14.9. The van der Waals surface area contributed by atoms with Crippen molar-refractivity contribution >= 4 is 23.5 Å². The molecule has 3 amide bonds. The lowest BCUT2D eigenvalue weighted by Gasteiger charge is -2.23. The minimum Gasteiger partial charge on any atom is -0.860 e. The van der Waals surface area contributed by atoms with E-state index in [1.54, 1.807) is 55.5 Å². The molecule has 1 atom stereocenters. The van der Waals surface area contributed by atoms with Crippen LogP contribution in [0.3, 0.4) is 0 Å². The molecule has 0 unspecified atom stereocenters. The molecule has 1 aliphatic heterocycles. The molecule has 0 spiro atoms. The van der Waals surface area contributed by atoms with Gasteiger partial charge < -0.3 is 10.4 Å². The number of nitrogens with one attached hydrogen (secondary N) is 2. The van der Waals surface area contributed by atoms with Gasteiger partial charge in [-0.25, -0.2) is 4.79 Å². The molecule has 10 nitrogen and oxygen atoms in total. The first kappa shape index (κ1) is 18.3. The van der Waals surface area contributed by atoms with Crippen LogP contribution in [-0.2, 0) is 10.3 Å². The van der Waals surface area contributed by atoms with E-state index in [-0.39, 0.29) is 0 Å². The third-order valence-electron chi connectivity index (χ3n) is 4.62. The van der Waals surface area contributed by atoms with Crippen LogP contribution in [0, 0.1) is 0 Å². The van der Waals surface area contributed by atoms with Crippen molar-refractivity contribution in [1.82, 2.24) is 30.8 Å². The van der Waals surface area contributed by atoms with Gasteiger partial charge in [-0.15, -0.1) is 10.2 Å². The second-order valence-electron chi connectivity index (χ2n) is 6.60. The Morgan fingerprint density at radius 3 is 2.69 bits per heavy atom. The van der Waals surface area contributed by atoms with Crippen molar-refractivity contribution in [2.75, 3.05) is 6.54 Å². The summed E-state index contributed by atoms with van der Waals surface area (Å²) in [5, 5.41) is 28.7. The normalized spacial score (nSPS) is 19.5. The van der Waals surface area contributed by atoms with Crippen molar-refractivity contribution in [2.24, 2.45) is 4.99 Å². The lowest BCUT2D eigenvalue weighted by molar-refractivity contribution is -0.218. The highest BCUT2D eigenvalue weighted by molar-refractivity contribution is 6.09. The highest BCUT2D eigenvalue weighted by Crippen LogP contribution is 2.28. The fraction of sp³-hybridized carbons (Fsp3) is 0.158.